The molecule has 7 heteroatoms. The highest BCUT2D eigenvalue weighted by molar-refractivity contribution is 7.09. The summed E-state index contributed by atoms with van der Waals surface area (Å²) < 4.78 is 5.03. The van der Waals surface area contributed by atoms with Crippen LogP contribution in [-0.2, 0) is 14.3 Å². The van der Waals surface area contributed by atoms with Gasteiger partial charge in [-0.3, -0.25) is 9.59 Å². The first kappa shape index (κ1) is 16.4. The van der Waals surface area contributed by atoms with Gasteiger partial charge in [0.2, 0.25) is 11.8 Å². The van der Waals surface area contributed by atoms with Crippen molar-refractivity contribution in [3.63, 3.8) is 0 Å². The second kappa shape index (κ2) is 7.40. The number of likely N-dealkylation sites (tertiary alicyclic amines) is 2. The molecule has 6 nitrogen and oxygen atoms in total. The number of nitrogens with zero attached hydrogens (tertiary/aromatic N) is 3. The molecule has 0 aliphatic carbocycles. The highest BCUT2D eigenvalue weighted by Crippen LogP contribution is 2.34. The molecule has 0 saturated carbocycles. The number of amides is 2. The summed E-state index contributed by atoms with van der Waals surface area (Å²) in [5.74, 6) is -0.0544. The molecule has 1 aromatic heterocycles. The predicted octanol–water partition coefficient (Wildman–Crippen LogP) is 1.69. The molecular weight excluding hydrogens is 314 g/mol. The first-order valence-electron chi connectivity index (χ1n) is 8.17. The Bertz CT molecular complexity index is 549. The minimum absolute atomic E-state index is 0.0585. The quantitative estimate of drug-likeness (QED) is 0.820. The summed E-state index contributed by atoms with van der Waals surface area (Å²) in [7, 11) is 1.62. The molecule has 126 valence electrons. The standard InChI is InChI=1S/C16H23N3O3S/c1-22-8-7-18-11-12(10-14(18)20)16(21)19-6-3-2-4-13(19)15-17-5-9-23-15/h5,9,12-13H,2-4,6-8,10-11H2,1H3/t12-,13+/m0/s1. The van der Waals surface area contributed by atoms with E-state index in [1.165, 1.54) is 0 Å². The van der Waals surface area contributed by atoms with Crippen LogP contribution in [0, 0.1) is 5.92 Å². The van der Waals surface area contributed by atoms with Crippen molar-refractivity contribution in [1.82, 2.24) is 14.8 Å². The van der Waals surface area contributed by atoms with Gasteiger partial charge in [-0.1, -0.05) is 0 Å². The first-order chi connectivity index (χ1) is 11.2. The lowest BCUT2D eigenvalue weighted by Crippen LogP contribution is -2.42. The Balaban J connectivity index is 1.68. The summed E-state index contributed by atoms with van der Waals surface area (Å²) in [6.07, 6.45) is 5.24. The van der Waals surface area contributed by atoms with E-state index in [0.717, 1.165) is 30.8 Å². The van der Waals surface area contributed by atoms with Crippen molar-refractivity contribution in [2.45, 2.75) is 31.7 Å². The van der Waals surface area contributed by atoms with Crippen molar-refractivity contribution in [3.05, 3.63) is 16.6 Å². The van der Waals surface area contributed by atoms with E-state index in [1.807, 2.05) is 10.3 Å². The zero-order chi connectivity index (χ0) is 16.2. The summed E-state index contributed by atoms with van der Waals surface area (Å²) in [6, 6.07) is 0.0828. The maximum Gasteiger partial charge on any atom is 0.228 e. The van der Waals surface area contributed by atoms with Gasteiger partial charge in [0.05, 0.1) is 18.6 Å². The number of hydrogen-bond donors (Lipinski definition) is 0. The van der Waals surface area contributed by atoms with Gasteiger partial charge >= 0.3 is 0 Å². The summed E-state index contributed by atoms with van der Waals surface area (Å²) >= 11 is 1.61. The van der Waals surface area contributed by atoms with Crippen molar-refractivity contribution in [2.24, 2.45) is 5.92 Å². The largest absolute Gasteiger partial charge is 0.383 e. The Morgan fingerprint density at radius 2 is 2.35 bits per heavy atom. The van der Waals surface area contributed by atoms with Crippen LogP contribution in [0.25, 0.3) is 0 Å². The van der Waals surface area contributed by atoms with Crippen LogP contribution in [0.2, 0.25) is 0 Å². The van der Waals surface area contributed by atoms with Crippen molar-refractivity contribution in [1.29, 1.82) is 0 Å². The molecule has 0 aromatic carbocycles. The third kappa shape index (κ3) is 3.55. The number of hydrogen-bond acceptors (Lipinski definition) is 5. The third-order valence-electron chi connectivity index (χ3n) is 4.65. The molecule has 3 rings (SSSR count). The minimum Gasteiger partial charge on any atom is -0.383 e. The van der Waals surface area contributed by atoms with Crippen LogP contribution in [-0.4, -0.2) is 59.9 Å². The molecule has 0 bridgehead atoms. The number of aromatic nitrogens is 1. The molecule has 0 unspecified atom stereocenters. The van der Waals surface area contributed by atoms with Gasteiger partial charge in [0, 0.05) is 44.7 Å². The van der Waals surface area contributed by atoms with E-state index < -0.39 is 0 Å². The van der Waals surface area contributed by atoms with Crippen LogP contribution in [0.1, 0.15) is 36.7 Å². The molecule has 2 atom stereocenters. The average molecular weight is 337 g/mol. The lowest BCUT2D eigenvalue weighted by Gasteiger charge is -2.36. The van der Waals surface area contributed by atoms with E-state index >= 15 is 0 Å². The molecule has 2 saturated heterocycles. The third-order valence-corrected chi connectivity index (χ3v) is 5.53. The molecule has 23 heavy (non-hydrogen) atoms. The Morgan fingerprint density at radius 3 is 3.09 bits per heavy atom. The van der Waals surface area contributed by atoms with Crippen LogP contribution in [0.5, 0.6) is 0 Å². The predicted molar refractivity (Wildman–Crippen MR) is 87.0 cm³/mol. The summed E-state index contributed by atoms with van der Waals surface area (Å²) in [5, 5.41) is 2.97. The fraction of sp³-hybridized carbons (Fsp3) is 0.688. The van der Waals surface area contributed by atoms with Crippen molar-refractivity contribution >= 4 is 23.2 Å². The van der Waals surface area contributed by atoms with Crippen LogP contribution < -0.4 is 0 Å². The van der Waals surface area contributed by atoms with Gasteiger partial charge in [-0.2, -0.15) is 0 Å². The first-order valence-corrected chi connectivity index (χ1v) is 9.05. The van der Waals surface area contributed by atoms with E-state index in [9.17, 15) is 9.59 Å². The van der Waals surface area contributed by atoms with E-state index in [4.69, 9.17) is 4.74 Å². The number of ether oxygens (including phenoxy) is 1. The molecular formula is C16H23N3O3S. The number of methoxy groups -OCH3 is 1. The molecule has 0 N–H and O–H groups in total. The molecule has 3 heterocycles. The van der Waals surface area contributed by atoms with Crippen molar-refractivity contribution in [3.8, 4) is 0 Å². The Kier molecular flexibility index (Phi) is 5.27. The number of carbonyl (C=O) groups excluding carboxylic acids is 2. The van der Waals surface area contributed by atoms with Gasteiger partial charge in [0.1, 0.15) is 5.01 Å². The zero-order valence-electron chi connectivity index (χ0n) is 13.4. The normalized spacial score (nSPS) is 25.2. The molecule has 2 amide bonds. The van der Waals surface area contributed by atoms with E-state index in [0.29, 0.717) is 26.1 Å². The second-order valence-corrected chi connectivity index (χ2v) is 7.07. The van der Waals surface area contributed by atoms with E-state index in [1.54, 1.807) is 29.5 Å². The molecule has 2 aliphatic heterocycles. The fourth-order valence-electron chi connectivity index (χ4n) is 3.44. The molecule has 0 radical (unpaired) electrons. The number of piperidine rings is 1. The van der Waals surface area contributed by atoms with Gasteiger partial charge < -0.3 is 14.5 Å². The Labute approximate surface area is 140 Å². The number of thiazole rings is 1. The van der Waals surface area contributed by atoms with Gasteiger partial charge in [0.25, 0.3) is 0 Å². The van der Waals surface area contributed by atoms with E-state index in [2.05, 4.69) is 4.98 Å². The molecule has 0 spiro atoms. The van der Waals surface area contributed by atoms with Gasteiger partial charge in [0.15, 0.2) is 0 Å². The Hall–Kier alpha value is -1.47. The molecule has 2 fully saturated rings. The average Bonchev–Trinajstić information content (AvgIpc) is 3.22. The van der Waals surface area contributed by atoms with Gasteiger partial charge in [-0.15, -0.1) is 11.3 Å². The summed E-state index contributed by atoms with van der Waals surface area (Å²) in [5.41, 5.74) is 0. The Morgan fingerprint density at radius 1 is 1.48 bits per heavy atom. The summed E-state index contributed by atoms with van der Waals surface area (Å²) in [6.45, 7) is 2.36. The highest BCUT2D eigenvalue weighted by atomic mass is 32.1. The second-order valence-electron chi connectivity index (χ2n) is 6.15. The maximum absolute atomic E-state index is 13.0. The van der Waals surface area contributed by atoms with Gasteiger partial charge in [-0.25, -0.2) is 4.98 Å². The number of carbonyl (C=O) groups is 2. The maximum atomic E-state index is 13.0. The van der Waals surface area contributed by atoms with E-state index in [-0.39, 0.29) is 23.8 Å². The number of rotatable bonds is 5. The van der Waals surface area contributed by atoms with Crippen LogP contribution in [0.15, 0.2) is 11.6 Å². The lowest BCUT2D eigenvalue weighted by atomic mass is 9.99. The SMILES string of the molecule is COCCN1C[C@@H](C(=O)N2CCCC[C@@H]2c2nccs2)CC1=O. The van der Waals surface area contributed by atoms with Crippen LogP contribution in [0.3, 0.4) is 0 Å². The van der Waals surface area contributed by atoms with Crippen LogP contribution in [0.4, 0.5) is 0 Å². The topological polar surface area (TPSA) is 62.7 Å². The molecule has 1 aromatic rings. The van der Waals surface area contributed by atoms with Crippen LogP contribution >= 0.6 is 11.3 Å². The monoisotopic (exact) mass is 337 g/mol. The van der Waals surface area contributed by atoms with Crippen molar-refractivity contribution < 1.29 is 14.3 Å². The van der Waals surface area contributed by atoms with Crippen molar-refractivity contribution in [2.75, 3.05) is 33.4 Å². The minimum atomic E-state index is -0.222. The lowest BCUT2D eigenvalue weighted by molar-refractivity contribution is -0.139. The summed E-state index contributed by atoms with van der Waals surface area (Å²) in [4.78, 5) is 33.1. The highest BCUT2D eigenvalue weighted by Gasteiger charge is 2.39. The van der Waals surface area contributed by atoms with Gasteiger partial charge in [-0.05, 0) is 19.3 Å². The molecule has 2 aliphatic rings. The smallest absolute Gasteiger partial charge is 0.228 e. The fourth-order valence-corrected chi connectivity index (χ4v) is 4.23. The zero-order valence-corrected chi connectivity index (χ0v) is 14.3.